The minimum absolute atomic E-state index is 0.0812. The Morgan fingerprint density at radius 2 is 1.96 bits per heavy atom. The van der Waals surface area contributed by atoms with Crippen molar-refractivity contribution in [3.05, 3.63) is 24.5 Å². The number of rotatable bonds is 6. The van der Waals surface area contributed by atoms with E-state index in [-0.39, 0.29) is 17.4 Å². The molecule has 2 heterocycles. The molecule has 0 bridgehead atoms. The maximum Gasteiger partial charge on any atom is 0.399 e. The van der Waals surface area contributed by atoms with E-state index in [0.717, 1.165) is 5.69 Å². The summed E-state index contributed by atoms with van der Waals surface area (Å²) in [6.07, 6.45) is 2.12. The van der Waals surface area contributed by atoms with E-state index in [1.807, 2.05) is 31.1 Å². The van der Waals surface area contributed by atoms with Crippen molar-refractivity contribution in [1.82, 2.24) is 9.80 Å². The Kier molecular flexibility index (Phi) is 6.81. The number of aliphatic hydroxyl groups is 1. The van der Waals surface area contributed by atoms with E-state index in [4.69, 9.17) is 17.1 Å². The van der Waals surface area contributed by atoms with Gasteiger partial charge < -0.3 is 19.7 Å². The van der Waals surface area contributed by atoms with Gasteiger partial charge in [0.25, 0.3) is 5.91 Å². The van der Waals surface area contributed by atoms with Crippen LogP contribution >= 0.6 is 12.2 Å². The number of pyridine rings is 1. The zero-order valence-electron chi connectivity index (χ0n) is 15.8. The molecule has 146 valence electrons. The molecule has 9 nitrogen and oxygen atoms in total. The summed E-state index contributed by atoms with van der Waals surface area (Å²) in [5, 5.41) is 14.2. The molecule has 1 saturated heterocycles. The highest BCUT2D eigenvalue weighted by Crippen LogP contribution is 2.14. The number of thiocarbonyl (C=S) groups is 1. The van der Waals surface area contributed by atoms with Crippen molar-refractivity contribution < 1.29 is 24.1 Å². The maximum absolute atomic E-state index is 12.4. The number of aliphatic hydroxyl groups excluding tert-OH is 1. The molecule has 10 heteroatoms. The lowest BCUT2D eigenvalue weighted by Gasteiger charge is -2.39. The van der Waals surface area contributed by atoms with Crippen molar-refractivity contribution in [3.8, 4) is 0 Å². The van der Waals surface area contributed by atoms with Gasteiger partial charge in [0.05, 0.1) is 0 Å². The lowest BCUT2D eigenvalue weighted by molar-refractivity contribution is -0.685. The van der Waals surface area contributed by atoms with Crippen LogP contribution in [0.4, 0.5) is 5.69 Å². The first-order chi connectivity index (χ1) is 12.8. The molecule has 0 aliphatic carbocycles. The SMILES string of the molecule is CCN1C(=O)C(=NOC(=O)C[n+]2ccc(N(C)C)cc2)C(O)N(CC)C1=S. The Bertz CT molecular complexity index is 750. The smallest absolute Gasteiger partial charge is 0.377 e. The molecule has 1 fully saturated rings. The molecular weight excluding hydrogens is 370 g/mol. The molecule has 1 aromatic rings. The highest BCUT2D eigenvalue weighted by molar-refractivity contribution is 7.80. The standard InChI is InChI=1S/C17H24N5O4S/c1-5-21-15(24)14(16(25)22(6-2)17(21)27)18-26-13(23)11-20-9-7-12(8-10-20)19(3)4/h7-10,15,24H,5-6,11H2,1-4H3/q+1. The van der Waals surface area contributed by atoms with Crippen molar-refractivity contribution >= 4 is 40.6 Å². The normalized spacial score (nSPS) is 18.9. The molecule has 1 aliphatic heterocycles. The maximum atomic E-state index is 12.4. The van der Waals surface area contributed by atoms with E-state index >= 15 is 0 Å². The van der Waals surface area contributed by atoms with Crippen molar-refractivity contribution in [1.29, 1.82) is 0 Å². The van der Waals surface area contributed by atoms with Crippen LogP contribution in [0.1, 0.15) is 13.8 Å². The van der Waals surface area contributed by atoms with Crippen LogP contribution in [0.2, 0.25) is 0 Å². The van der Waals surface area contributed by atoms with Gasteiger partial charge in [-0.05, 0) is 26.1 Å². The fourth-order valence-corrected chi connectivity index (χ4v) is 2.99. The lowest BCUT2D eigenvalue weighted by Crippen LogP contribution is -2.62. The second kappa shape index (κ2) is 8.87. The molecule has 0 aromatic carbocycles. The quantitative estimate of drug-likeness (QED) is 0.307. The highest BCUT2D eigenvalue weighted by atomic mass is 32.1. The molecule has 0 saturated carbocycles. The van der Waals surface area contributed by atoms with E-state index in [2.05, 4.69) is 5.16 Å². The molecule has 2 rings (SSSR count). The molecule has 0 spiro atoms. The Balaban J connectivity index is 2.09. The minimum Gasteiger partial charge on any atom is -0.377 e. The van der Waals surface area contributed by atoms with Crippen LogP contribution in [0.25, 0.3) is 0 Å². The van der Waals surface area contributed by atoms with E-state index in [1.54, 1.807) is 30.8 Å². The van der Waals surface area contributed by atoms with Crippen molar-refractivity contribution in [3.63, 3.8) is 0 Å². The average Bonchev–Trinajstić information content (AvgIpc) is 2.62. The van der Waals surface area contributed by atoms with Crippen LogP contribution in [0.15, 0.2) is 29.7 Å². The molecule has 27 heavy (non-hydrogen) atoms. The van der Waals surface area contributed by atoms with Gasteiger partial charge in [-0.2, -0.15) is 4.57 Å². The molecule has 1 atom stereocenters. The molecule has 0 radical (unpaired) electrons. The Labute approximate surface area is 163 Å². The van der Waals surface area contributed by atoms with Gasteiger partial charge in [-0.25, -0.2) is 4.79 Å². The van der Waals surface area contributed by atoms with Gasteiger partial charge in [0.1, 0.15) is 0 Å². The number of carbonyl (C=O) groups is 2. The van der Waals surface area contributed by atoms with Crippen LogP contribution in [-0.2, 0) is 21.0 Å². The fraction of sp³-hybridized carbons (Fsp3) is 0.471. The number of carbonyl (C=O) groups excluding carboxylic acids is 2. The van der Waals surface area contributed by atoms with E-state index < -0.39 is 18.1 Å². The third kappa shape index (κ3) is 4.58. The third-order valence-corrected chi connectivity index (χ3v) is 4.54. The zero-order valence-corrected chi connectivity index (χ0v) is 16.6. The number of amides is 1. The van der Waals surface area contributed by atoms with Crippen LogP contribution in [0.5, 0.6) is 0 Å². The van der Waals surface area contributed by atoms with Crippen molar-refractivity contribution in [2.45, 2.75) is 26.6 Å². The van der Waals surface area contributed by atoms with Gasteiger partial charge in [0, 0.05) is 45.0 Å². The molecular formula is C17H24N5O4S+. The lowest BCUT2D eigenvalue weighted by atomic mass is 10.2. The number of hydrogen-bond donors (Lipinski definition) is 1. The van der Waals surface area contributed by atoms with Crippen LogP contribution < -0.4 is 9.47 Å². The summed E-state index contributed by atoms with van der Waals surface area (Å²) < 4.78 is 1.63. The summed E-state index contributed by atoms with van der Waals surface area (Å²) in [6, 6.07) is 3.71. The van der Waals surface area contributed by atoms with Crippen molar-refractivity contribution in [2.24, 2.45) is 5.16 Å². The van der Waals surface area contributed by atoms with Gasteiger partial charge in [-0.15, -0.1) is 0 Å². The monoisotopic (exact) mass is 394 g/mol. The average molecular weight is 394 g/mol. The summed E-state index contributed by atoms with van der Waals surface area (Å²) in [5.74, 6) is -1.24. The van der Waals surface area contributed by atoms with E-state index in [0.29, 0.717) is 13.1 Å². The topological polar surface area (TPSA) is 89.6 Å². The third-order valence-electron chi connectivity index (χ3n) is 4.09. The predicted octanol–water partition coefficient (Wildman–Crippen LogP) is -0.273. The summed E-state index contributed by atoms with van der Waals surface area (Å²) >= 11 is 5.21. The fourth-order valence-electron chi connectivity index (χ4n) is 2.55. The minimum atomic E-state index is -1.35. The number of anilines is 1. The van der Waals surface area contributed by atoms with Crippen molar-refractivity contribution in [2.75, 3.05) is 32.1 Å². The number of oxime groups is 1. The molecule has 1 N–H and O–H groups in total. The molecule has 1 aromatic heterocycles. The van der Waals surface area contributed by atoms with Crippen LogP contribution in [0.3, 0.4) is 0 Å². The predicted molar refractivity (Wildman–Crippen MR) is 103 cm³/mol. The largest absolute Gasteiger partial charge is 0.399 e. The Hall–Kier alpha value is -2.59. The van der Waals surface area contributed by atoms with Gasteiger partial charge in [-0.3, -0.25) is 9.69 Å². The Morgan fingerprint density at radius 1 is 1.33 bits per heavy atom. The first-order valence-electron chi connectivity index (χ1n) is 8.54. The number of nitrogens with zero attached hydrogens (tertiary/aromatic N) is 5. The van der Waals surface area contributed by atoms with E-state index in [9.17, 15) is 14.7 Å². The molecule has 1 unspecified atom stereocenters. The first-order valence-corrected chi connectivity index (χ1v) is 8.95. The van der Waals surface area contributed by atoms with E-state index in [1.165, 1.54) is 9.80 Å². The molecule has 1 amide bonds. The van der Waals surface area contributed by atoms with Gasteiger partial charge >= 0.3 is 5.97 Å². The van der Waals surface area contributed by atoms with Crippen LogP contribution in [0, 0.1) is 0 Å². The van der Waals surface area contributed by atoms with Gasteiger partial charge in [0.2, 0.25) is 6.54 Å². The number of aromatic nitrogens is 1. The summed E-state index contributed by atoms with van der Waals surface area (Å²) in [6.45, 7) is 4.17. The summed E-state index contributed by atoms with van der Waals surface area (Å²) in [5.41, 5.74) is 0.722. The first kappa shape index (κ1) is 20.7. The second-order valence-corrected chi connectivity index (χ2v) is 6.42. The number of hydrogen-bond acceptors (Lipinski definition) is 7. The molecule has 1 aliphatic rings. The summed E-state index contributed by atoms with van der Waals surface area (Å²) in [4.78, 5) is 34.0. The van der Waals surface area contributed by atoms with Crippen LogP contribution in [-0.4, -0.2) is 71.0 Å². The summed E-state index contributed by atoms with van der Waals surface area (Å²) in [7, 11) is 3.84. The second-order valence-electron chi connectivity index (χ2n) is 6.05. The van der Waals surface area contributed by atoms with Gasteiger partial charge in [-0.1, -0.05) is 5.16 Å². The van der Waals surface area contributed by atoms with Gasteiger partial charge in [0.15, 0.2) is 29.4 Å². The Morgan fingerprint density at radius 3 is 2.48 bits per heavy atom. The highest BCUT2D eigenvalue weighted by Gasteiger charge is 2.40. The zero-order chi connectivity index (χ0) is 20.1.